The van der Waals surface area contributed by atoms with Crippen LogP contribution in [-0.4, -0.2) is 15.0 Å². The summed E-state index contributed by atoms with van der Waals surface area (Å²) in [5.41, 5.74) is 0.573. The zero-order valence-electron chi connectivity index (χ0n) is 12.0. The summed E-state index contributed by atoms with van der Waals surface area (Å²) in [5, 5.41) is 8.78. The van der Waals surface area contributed by atoms with Crippen LogP contribution in [0.5, 0.6) is 0 Å². The van der Waals surface area contributed by atoms with Crippen LogP contribution in [0.1, 0.15) is 17.5 Å². The van der Waals surface area contributed by atoms with Crippen molar-refractivity contribution >= 4 is 15.7 Å². The first-order valence-corrected chi connectivity index (χ1v) is 8.38. The Balaban J connectivity index is 2.11. The summed E-state index contributed by atoms with van der Waals surface area (Å²) in [6, 6.07) is 9.15. The lowest BCUT2D eigenvalue weighted by atomic mass is 10.0. The van der Waals surface area contributed by atoms with Gasteiger partial charge in [0.25, 0.3) is 10.0 Å². The third-order valence-electron chi connectivity index (χ3n) is 3.74. The Kier molecular flexibility index (Phi) is 3.78. The highest BCUT2D eigenvalue weighted by molar-refractivity contribution is 7.92. The maximum Gasteiger partial charge on any atom is 0.264 e. The molecule has 1 heterocycles. The molecule has 23 heavy (non-hydrogen) atoms. The molecule has 4 nitrogen and oxygen atoms in total. The molecule has 0 N–H and O–H groups in total. The summed E-state index contributed by atoms with van der Waals surface area (Å²) >= 11 is 0. The molecule has 0 radical (unpaired) electrons. The third-order valence-corrected chi connectivity index (χ3v) is 5.55. The fourth-order valence-corrected chi connectivity index (χ4v) is 4.23. The van der Waals surface area contributed by atoms with E-state index in [0.717, 1.165) is 4.31 Å². The number of halogens is 2. The normalized spacial score (nSPS) is 14.2. The minimum absolute atomic E-state index is 0.0342. The average Bonchev–Trinajstić information content (AvgIpc) is 2.54. The highest BCUT2D eigenvalue weighted by Gasteiger charge is 2.31. The number of nitrogens with zero attached hydrogens (tertiary/aromatic N) is 2. The van der Waals surface area contributed by atoms with Gasteiger partial charge in [-0.2, -0.15) is 5.26 Å². The van der Waals surface area contributed by atoms with Gasteiger partial charge >= 0.3 is 0 Å². The smallest absolute Gasteiger partial charge is 0.263 e. The molecule has 1 aliphatic rings. The van der Waals surface area contributed by atoms with Gasteiger partial charge in [0.15, 0.2) is 5.82 Å². The fourth-order valence-electron chi connectivity index (χ4n) is 2.68. The van der Waals surface area contributed by atoms with Crippen molar-refractivity contribution < 1.29 is 17.2 Å². The van der Waals surface area contributed by atoms with Crippen LogP contribution in [0.15, 0.2) is 41.3 Å². The van der Waals surface area contributed by atoms with Gasteiger partial charge in [-0.25, -0.2) is 17.2 Å². The summed E-state index contributed by atoms with van der Waals surface area (Å²) < 4.78 is 54.0. The predicted octanol–water partition coefficient (Wildman–Crippen LogP) is 2.98. The number of fused-ring (bicyclic) bond motifs is 1. The van der Waals surface area contributed by atoms with Crippen LogP contribution in [0.4, 0.5) is 14.5 Å². The second kappa shape index (κ2) is 5.63. The Morgan fingerprint density at radius 3 is 2.48 bits per heavy atom. The Morgan fingerprint density at radius 1 is 1.13 bits per heavy atom. The molecule has 0 amide bonds. The maximum absolute atomic E-state index is 14.2. The second-order valence-electron chi connectivity index (χ2n) is 5.21. The molecular formula is C16H12F2N2O2S. The Morgan fingerprint density at radius 2 is 1.83 bits per heavy atom. The molecule has 118 valence electrons. The molecule has 0 bridgehead atoms. The zero-order valence-corrected chi connectivity index (χ0v) is 12.8. The fraction of sp³-hybridized carbons (Fsp3) is 0.188. The number of anilines is 1. The van der Waals surface area contributed by atoms with Gasteiger partial charge in [0.1, 0.15) is 5.82 Å². The summed E-state index contributed by atoms with van der Waals surface area (Å²) in [6.45, 7) is 0.123. The highest BCUT2D eigenvalue weighted by Crippen LogP contribution is 2.34. The SMILES string of the molecule is N#Cc1ccc(S(=O)(=O)N2CCCc3cc(F)cc(F)c32)cc1. The first kappa shape index (κ1) is 15.4. The third kappa shape index (κ3) is 2.66. The van der Waals surface area contributed by atoms with E-state index in [2.05, 4.69) is 0 Å². The topological polar surface area (TPSA) is 61.2 Å². The van der Waals surface area contributed by atoms with Crippen molar-refractivity contribution in [3.8, 4) is 6.07 Å². The van der Waals surface area contributed by atoms with E-state index in [-0.39, 0.29) is 17.1 Å². The van der Waals surface area contributed by atoms with Crippen molar-refractivity contribution in [2.24, 2.45) is 0 Å². The number of aryl methyl sites for hydroxylation is 1. The van der Waals surface area contributed by atoms with Crippen molar-refractivity contribution in [3.05, 3.63) is 59.2 Å². The number of sulfonamides is 1. The van der Waals surface area contributed by atoms with Gasteiger partial charge in [0, 0.05) is 12.6 Å². The lowest BCUT2D eigenvalue weighted by Crippen LogP contribution is -2.36. The molecule has 1 aliphatic heterocycles. The molecule has 0 atom stereocenters. The van der Waals surface area contributed by atoms with Crippen LogP contribution in [-0.2, 0) is 16.4 Å². The number of rotatable bonds is 2. The zero-order chi connectivity index (χ0) is 16.6. The van der Waals surface area contributed by atoms with E-state index in [4.69, 9.17) is 5.26 Å². The van der Waals surface area contributed by atoms with E-state index in [1.807, 2.05) is 6.07 Å². The van der Waals surface area contributed by atoms with E-state index in [9.17, 15) is 17.2 Å². The van der Waals surface area contributed by atoms with E-state index in [1.54, 1.807) is 0 Å². The molecule has 2 aromatic carbocycles. The van der Waals surface area contributed by atoms with Crippen LogP contribution in [0.25, 0.3) is 0 Å². The molecule has 0 saturated carbocycles. The Labute approximate surface area is 132 Å². The molecule has 0 unspecified atom stereocenters. The second-order valence-corrected chi connectivity index (χ2v) is 7.07. The van der Waals surface area contributed by atoms with Gasteiger partial charge in [-0.3, -0.25) is 4.31 Å². The maximum atomic E-state index is 14.2. The van der Waals surface area contributed by atoms with E-state index >= 15 is 0 Å². The van der Waals surface area contributed by atoms with Crippen LogP contribution in [0.3, 0.4) is 0 Å². The van der Waals surface area contributed by atoms with Crippen molar-refractivity contribution in [1.82, 2.24) is 0 Å². The molecule has 0 fully saturated rings. The minimum Gasteiger partial charge on any atom is -0.263 e. The molecule has 0 spiro atoms. The molecule has 3 rings (SSSR count). The minimum atomic E-state index is -3.97. The van der Waals surface area contributed by atoms with Crippen LogP contribution in [0.2, 0.25) is 0 Å². The summed E-state index contributed by atoms with van der Waals surface area (Å²) in [6.07, 6.45) is 0.898. The number of hydrogen-bond donors (Lipinski definition) is 0. The quantitative estimate of drug-likeness (QED) is 0.848. The van der Waals surface area contributed by atoms with Crippen molar-refractivity contribution in [2.75, 3.05) is 10.8 Å². The first-order chi connectivity index (χ1) is 10.9. The monoisotopic (exact) mass is 334 g/mol. The lowest BCUT2D eigenvalue weighted by Gasteiger charge is -2.30. The van der Waals surface area contributed by atoms with Crippen LogP contribution in [0, 0.1) is 23.0 Å². The molecule has 0 aromatic heterocycles. The van der Waals surface area contributed by atoms with Crippen molar-refractivity contribution in [1.29, 1.82) is 5.26 Å². The molecule has 0 aliphatic carbocycles. The first-order valence-electron chi connectivity index (χ1n) is 6.94. The van der Waals surface area contributed by atoms with Crippen molar-refractivity contribution in [3.63, 3.8) is 0 Å². The molecule has 0 saturated heterocycles. The summed E-state index contributed by atoms with van der Waals surface area (Å²) in [5.74, 6) is -1.62. The largest absolute Gasteiger partial charge is 0.264 e. The Hall–Kier alpha value is -2.46. The molecule has 7 heteroatoms. The number of benzene rings is 2. The number of nitriles is 1. The van der Waals surface area contributed by atoms with Crippen LogP contribution < -0.4 is 4.31 Å². The molecular weight excluding hydrogens is 322 g/mol. The summed E-state index contributed by atoms with van der Waals surface area (Å²) in [7, 11) is -3.97. The van der Waals surface area contributed by atoms with Gasteiger partial charge in [0.05, 0.1) is 22.2 Å². The van der Waals surface area contributed by atoms with Gasteiger partial charge in [-0.1, -0.05) is 0 Å². The van der Waals surface area contributed by atoms with E-state index in [1.165, 1.54) is 30.3 Å². The molecule has 2 aromatic rings. The van der Waals surface area contributed by atoms with Gasteiger partial charge in [-0.15, -0.1) is 0 Å². The number of hydrogen-bond acceptors (Lipinski definition) is 3. The summed E-state index contributed by atoms with van der Waals surface area (Å²) in [4.78, 5) is -0.0342. The average molecular weight is 334 g/mol. The highest BCUT2D eigenvalue weighted by atomic mass is 32.2. The van der Waals surface area contributed by atoms with E-state index < -0.39 is 21.7 Å². The van der Waals surface area contributed by atoms with Crippen LogP contribution >= 0.6 is 0 Å². The van der Waals surface area contributed by atoms with Gasteiger partial charge in [0.2, 0.25) is 0 Å². The lowest BCUT2D eigenvalue weighted by molar-refractivity contribution is 0.561. The van der Waals surface area contributed by atoms with Gasteiger partial charge in [-0.05, 0) is 48.7 Å². The standard InChI is InChI=1S/C16H12F2N2O2S/c17-13-8-12-2-1-7-20(16(12)15(18)9-13)23(21,22)14-5-3-11(10-19)4-6-14/h3-6,8-9H,1-2,7H2. The van der Waals surface area contributed by atoms with Gasteiger partial charge < -0.3 is 0 Å². The van der Waals surface area contributed by atoms with E-state index in [0.29, 0.717) is 30.0 Å². The Bertz CT molecular complexity index is 903. The predicted molar refractivity (Wildman–Crippen MR) is 80.4 cm³/mol. The van der Waals surface area contributed by atoms with Crippen molar-refractivity contribution in [2.45, 2.75) is 17.7 Å².